The van der Waals surface area contributed by atoms with Gasteiger partial charge in [-0.25, -0.2) is 0 Å². The summed E-state index contributed by atoms with van der Waals surface area (Å²) >= 11 is 0. The minimum Gasteiger partial charge on any atom is -0.360 e. The third-order valence-electron chi connectivity index (χ3n) is 5.64. The molecule has 1 aromatic rings. The standard InChI is InChI=1S/C20H37N3O2/c1-9-13-20(8,23(12-4)14-10-2)19(6,7)21-18(24)17-15(5)16(11-3)25-22-17/h9-14H2,1-8H3,(H,21,24). The molecule has 1 atom stereocenters. The zero-order valence-corrected chi connectivity index (χ0v) is 17.5. The second-order valence-electron chi connectivity index (χ2n) is 7.62. The lowest BCUT2D eigenvalue weighted by Crippen LogP contribution is -2.67. The maximum Gasteiger partial charge on any atom is 0.274 e. The van der Waals surface area contributed by atoms with Gasteiger partial charge in [0, 0.05) is 17.5 Å². The second kappa shape index (κ2) is 8.84. The van der Waals surface area contributed by atoms with Gasteiger partial charge in [0.25, 0.3) is 5.91 Å². The SMILES string of the molecule is CCCN(CC)C(C)(CCC)C(C)(C)NC(=O)c1noc(CC)c1C. The van der Waals surface area contributed by atoms with Crippen molar-refractivity contribution >= 4 is 5.91 Å². The van der Waals surface area contributed by atoms with Gasteiger partial charge in [0.05, 0.1) is 5.54 Å². The predicted octanol–water partition coefficient (Wildman–Crippen LogP) is 4.34. The molecular weight excluding hydrogens is 314 g/mol. The van der Waals surface area contributed by atoms with Crippen LogP contribution >= 0.6 is 0 Å². The average Bonchev–Trinajstić information content (AvgIpc) is 2.92. The molecule has 1 aromatic heterocycles. The first kappa shape index (κ1) is 21.7. The van der Waals surface area contributed by atoms with Gasteiger partial charge in [-0.15, -0.1) is 0 Å². The third kappa shape index (κ3) is 4.43. The molecular formula is C20H37N3O2. The number of amides is 1. The summed E-state index contributed by atoms with van der Waals surface area (Å²) in [6, 6.07) is 0. The molecule has 0 aliphatic carbocycles. The Bertz CT molecular complexity index is 565. The zero-order valence-electron chi connectivity index (χ0n) is 17.5. The van der Waals surface area contributed by atoms with Gasteiger partial charge in [-0.05, 0) is 53.6 Å². The van der Waals surface area contributed by atoms with E-state index in [1.807, 2.05) is 13.8 Å². The van der Waals surface area contributed by atoms with Gasteiger partial charge < -0.3 is 9.84 Å². The molecule has 144 valence electrons. The van der Waals surface area contributed by atoms with Crippen LogP contribution in [0.4, 0.5) is 0 Å². The van der Waals surface area contributed by atoms with Gasteiger partial charge >= 0.3 is 0 Å². The second-order valence-corrected chi connectivity index (χ2v) is 7.62. The zero-order chi connectivity index (χ0) is 19.3. The Morgan fingerprint density at radius 2 is 1.80 bits per heavy atom. The Kier molecular flexibility index (Phi) is 7.66. The molecule has 0 spiro atoms. The van der Waals surface area contributed by atoms with Crippen molar-refractivity contribution in [1.29, 1.82) is 0 Å². The highest BCUT2D eigenvalue weighted by Crippen LogP contribution is 2.33. The minimum absolute atomic E-state index is 0.132. The summed E-state index contributed by atoms with van der Waals surface area (Å²) in [6.07, 6.45) is 3.92. The number of rotatable bonds is 10. The van der Waals surface area contributed by atoms with E-state index in [0.717, 1.165) is 50.1 Å². The molecule has 5 nitrogen and oxygen atoms in total. The minimum atomic E-state index is -0.400. The molecule has 0 aromatic carbocycles. The van der Waals surface area contributed by atoms with Gasteiger partial charge in [0.15, 0.2) is 5.69 Å². The molecule has 1 unspecified atom stereocenters. The molecule has 0 saturated heterocycles. The van der Waals surface area contributed by atoms with Gasteiger partial charge in [-0.2, -0.15) is 0 Å². The Hall–Kier alpha value is -1.36. The summed E-state index contributed by atoms with van der Waals surface area (Å²) in [5, 5.41) is 7.25. The van der Waals surface area contributed by atoms with Gasteiger partial charge in [0.1, 0.15) is 5.76 Å². The first-order valence-electron chi connectivity index (χ1n) is 9.71. The highest BCUT2D eigenvalue weighted by atomic mass is 16.5. The number of carbonyl (C=O) groups excluding carboxylic acids is 1. The van der Waals surface area contributed by atoms with E-state index in [1.54, 1.807) is 0 Å². The van der Waals surface area contributed by atoms with Crippen LogP contribution in [-0.2, 0) is 6.42 Å². The summed E-state index contributed by atoms with van der Waals surface area (Å²) < 4.78 is 5.30. The van der Waals surface area contributed by atoms with Crippen molar-refractivity contribution < 1.29 is 9.32 Å². The molecule has 1 heterocycles. The van der Waals surface area contributed by atoms with Crippen molar-refractivity contribution in [2.24, 2.45) is 0 Å². The first-order chi connectivity index (χ1) is 11.7. The van der Waals surface area contributed by atoms with Crippen molar-refractivity contribution in [2.75, 3.05) is 13.1 Å². The fraction of sp³-hybridized carbons (Fsp3) is 0.800. The lowest BCUT2D eigenvalue weighted by atomic mass is 9.75. The fourth-order valence-electron chi connectivity index (χ4n) is 3.77. The van der Waals surface area contributed by atoms with Crippen LogP contribution in [0.25, 0.3) is 0 Å². The number of aryl methyl sites for hydroxylation is 1. The number of hydrogen-bond donors (Lipinski definition) is 1. The van der Waals surface area contributed by atoms with E-state index in [9.17, 15) is 4.79 Å². The molecule has 5 heteroatoms. The van der Waals surface area contributed by atoms with E-state index >= 15 is 0 Å². The number of likely N-dealkylation sites (N-methyl/N-ethyl adjacent to an activating group) is 1. The molecule has 25 heavy (non-hydrogen) atoms. The summed E-state index contributed by atoms with van der Waals surface area (Å²) in [6.45, 7) is 19.0. The van der Waals surface area contributed by atoms with E-state index in [1.165, 1.54) is 0 Å². The Morgan fingerprint density at radius 3 is 2.24 bits per heavy atom. The number of carbonyl (C=O) groups is 1. The van der Waals surface area contributed by atoms with Crippen molar-refractivity contribution in [1.82, 2.24) is 15.4 Å². The van der Waals surface area contributed by atoms with Gasteiger partial charge in [0.2, 0.25) is 0 Å². The van der Waals surface area contributed by atoms with Crippen LogP contribution in [0.3, 0.4) is 0 Å². The average molecular weight is 352 g/mol. The van der Waals surface area contributed by atoms with Crippen LogP contribution in [0, 0.1) is 6.92 Å². The number of hydrogen-bond acceptors (Lipinski definition) is 4. The highest BCUT2D eigenvalue weighted by Gasteiger charge is 2.45. The van der Waals surface area contributed by atoms with Crippen molar-refractivity contribution in [3.63, 3.8) is 0 Å². The topological polar surface area (TPSA) is 58.4 Å². The highest BCUT2D eigenvalue weighted by molar-refractivity contribution is 5.94. The van der Waals surface area contributed by atoms with Crippen molar-refractivity contribution in [3.8, 4) is 0 Å². The Labute approximate surface area is 153 Å². The molecule has 0 aliphatic rings. The van der Waals surface area contributed by atoms with Crippen LogP contribution in [0.15, 0.2) is 4.52 Å². The quantitative estimate of drug-likeness (QED) is 0.681. The third-order valence-corrected chi connectivity index (χ3v) is 5.64. The Morgan fingerprint density at radius 1 is 1.16 bits per heavy atom. The molecule has 0 aliphatic heterocycles. The van der Waals surface area contributed by atoms with Crippen LogP contribution in [0.2, 0.25) is 0 Å². The van der Waals surface area contributed by atoms with Crippen LogP contribution < -0.4 is 5.32 Å². The number of nitrogens with one attached hydrogen (secondary N) is 1. The maximum atomic E-state index is 12.9. The van der Waals surface area contributed by atoms with Crippen molar-refractivity contribution in [2.45, 2.75) is 92.2 Å². The number of nitrogens with zero attached hydrogens (tertiary/aromatic N) is 2. The lowest BCUT2D eigenvalue weighted by Gasteiger charge is -2.52. The van der Waals surface area contributed by atoms with E-state index in [-0.39, 0.29) is 11.4 Å². The Balaban J connectivity index is 3.12. The summed E-state index contributed by atoms with van der Waals surface area (Å²) in [5.74, 6) is 0.626. The van der Waals surface area contributed by atoms with Gasteiger partial charge in [-0.3, -0.25) is 9.69 Å². The van der Waals surface area contributed by atoms with E-state index in [2.05, 4.69) is 56.9 Å². The first-order valence-corrected chi connectivity index (χ1v) is 9.71. The molecule has 0 saturated carbocycles. The monoisotopic (exact) mass is 351 g/mol. The molecule has 0 radical (unpaired) electrons. The smallest absolute Gasteiger partial charge is 0.274 e. The normalized spacial score (nSPS) is 14.6. The van der Waals surface area contributed by atoms with E-state index < -0.39 is 5.54 Å². The van der Waals surface area contributed by atoms with Crippen molar-refractivity contribution in [3.05, 3.63) is 17.0 Å². The summed E-state index contributed by atoms with van der Waals surface area (Å²) in [5.41, 5.74) is 0.715. The van der Waals surface area contributed by atoms with Gasteiger partial charge in [-0.1, -0.05) is 39.3 Å². The van der Waals surface area contributed by atoms with E-state index in [4.69, 9.17) is 4.52 Å². The van der Waals surface area contributed by atoms with E-state index in [0.29, 0.717) is 5.69 Å². The molecule has 1 amide bonds. The maximum absolute atomic E-state index is 12.9. The predicted molar refractivity (Wildman–Crippen MR) is 103 cm³/mol. The fourth-order valence-corrected chi connectivity index (χ4v) is 3.77. The van der Waals surface area contributed by atoms with Crippen LogP contribution in [0.5, 0.6) is 0 Å². The largest absolute Gasteiger partial charge is 0.360 e. The molecule has 0 fully saturated rings. The molecule has 1 rings (SSSR count). The summed E-state index contributed by atoms with van der Waals surface area (Å²) in [4.78, 5) is 15.4. The number of aromatic nitrogens is 1. The lowest BCUT2D eigenvalue weighted by molar-refractivity contribution is 0.0192. The summed E-state index contributed by atoms with van der Waals surface area (Å²) in [7, 11) is 0. The molecule has 0 bridgehead atoms. The van der Waals surface area contributed by atoms with Crippen LogP contribution in [-0.4, -0.2) is 40.1 Å². The molecule has 1 N–H and O–H groups in total. The van der Waals surface area contributed by atoms with Crippen LogP contribution in [0.1, 0.15) is 89.5 Å².